The number of benzene rings is 4. The Bertz CT molecular complexity index is 1930. The van der Waals surface area contributed by atoms with Crippen molar-refractivity contribution in [3.8, 4) is 23.0 Å². The van der Waals surface area contributed by atoms with Crippen LogP contribution in [0.1, 0.15) is 87.9 Å². The van der Waals surface area contributed by atoms with Crippen LogP contribution in [0.4, 0.5) is 26.3 Å². The molecule has 0 spiro atoms. The summed E-state index contributed by atoms with van der Waals surface area (Å²) >= 11 is 11.7. The Morgan fingerprint density at radius 3 is 1.28 bits per heavy atom. The highest BCUT2D eigenvalue weighted by Crippen LogP contribution is 2.42. The average molecular weight is 786 g/mol. The number of fused-ring (bicyclic) bond motifs is 2. The highest BCUT2D eigenvalue weighted by atomic mass is 35.5. The Morgan fingerprint density at radius 1 is 0.623 bits per heavy atom. The molecule has 2 N–H and O–H groups in total. The van der Waals surface area contributed by atoms with Crippen LogP contribution in [0.15, 0.2) is 72.8 Å². The second-order valence-electron chi connectivity index (χ2n) is 11.8. The second kappa shape index (κ2) is 15.9. The number of hydrogen-bond donors (Lipinski definition) is 2. The predicted molar refractivity (Wildman–Crippen MR) is 181 cm³/mol. The molecule has 0 fully saturated rings. The lowest BCUT2D eigenvalue weighted by Crippen LogP contribution is -2.04. The molecular formula is C37H28Cl2F6O8. The third-order valence-electron chi connectivity index (χ3n) is 8.21. The van der Waals surface area contributed by atoms with Gasteiger partial charge in [-0.05, 0) is 71.8 Å². The summed E-state index contributed by atoms with van der Waals surface area (Å²) in [6.07, 6.45) is -9.12. The summed E-state index contributed by atoms with van der Waals surface area (Å²) < 4.78 is 87.0. The number of alkyl halides is 6. The van der Waals surface area contributed by atoms with E-state index in [-0.39, 0.29) is 77.7 Å². The van der Waals surface area contributed by atoms with E-state index in [2.05, 4.69) is 0 Å². The summed E-state index contributed by atoms with van der Waals surface area (Å²) in [5, 5.41) is 17.4. The van der Waals surface area contributed by atoms with Crippen molar-refractivity contribution in [3.05, 3.63) is 116 Å². The molecule has 0 saturated heterocycles. The zero-order valence-electron chi connectivity index (χ0n) is 26.3. The van der Waals surface area contributed by atoms with Crippen molar-refractivity contribution < 1.29 is 65.2 Å². The van der Waals surface area contributed by atoms with Crippen LogP contribution < -0.4 is 9.47 Å². The molecule has 0 bridgehead atoms. The normalized spacial score (nSPS) is 16.2. The van der Waals surface area contributed by atoms with Gasteiger partial charge in [0.05, 0.1) is 34.0 Å². The van der Waals surface area contributed by atoms with Crippen LogP contribution in [0.2, 0.25) is 10.0 Å². The standard InChI is InChI=1S/2C18H12ClF3O4.CH4/c2*19-14-7-10(18(20,21)22)1-4-16(14)26-11-2-3-12-9(6-17(24)25)5-15(23)13(12)8-11;/h2*1-4,7-9H,5-6H2,(H,24,25);1H4/t2*9-;/m10./s1. The number of carboxylic acid groups (broad SMARTS) is 2. The highest BCUT2D eigenvalue weighted by molar-refractivity contribution is 6.32. The average Bonchev–Trinajstić information content (AvgIpc) is 3.51. The zero-order chi connectivity index (χ0) is 38.1. The molecule has 0 radical (unpaired) electrons. The number of aliphatic carboxylic acids is 2. The summed E-state index contributed by atoms with van der Waals surface area (Å²) in [6, 6.07) is 14.6. The topological polar surface area (TPSA) is 127 Å². The molecule has 2 atom stereocenters. The lowest BCUT2D eigenvalue weighted by atomic mass is 9.98. The predicted octanol–water partition coefficient (Wildman–Crippen LogP) is 11.2. The number of carboxylic acids is 2. The largest absolute Gasteiger partial charge is 0.481 e. The quantitative estimate of drug-likeness (QED) is 0.169. The molecule has 4 aromatic rings. The molecule has 0 aliphatic heterocycles. The minimum absolute atomic E-state index is 0. The third kappa shape index (κ3) is 9.68. The molecule has 0 saturated carbocycles. The highest BCUT2D eigenvalue weighted by Gasteiger charge is 2.34. The van der Waals surface area contributed by atoms with Crippen LogP contribution in [0.5, 0.6) is 23.0 Å². The maximum absolute atomic E-state index is 12.7. The number of carbonyl (C=O) groups is 4. The molecular weight excluding hydrogens is 757 g/mol. The van der Waals surface area contributed by atoms with Crippen molar-refractivity contribution in [2.24, 2.45) is 0 Å². The van der Waals surface area contributed by atoms with Gasteiger partial charge in [0.2, 0.25) is 0 Å². The van der Waals surface area contributed by atoms with Gasteiger partial charge in [0.25, 0.3) is 0 Å². The van der Waals surface area contributed by atoms with E-state index in [1.807, 2.05) is 0 Å². The minimum Gasteiger partial charge on any atom is -0.481 e. The number of halogens is 8. The molecule has 0 amide bonds. The summed E-state index contributed by atoms with van der Waals surface area (Å²) in [5.41, 5.74) is 0.186. The van der Waals surface area contributed by atoms with Crippen molar-refractivity contribution in [3.63, 3.8) is 0 Å². The molecule has 0 aromatic heterocycles. The zero-order valence-corrected chi connectivity index (χ0v) is 27.8. The summed E-state index contributed by atoms with van der Waals surface area (Å²) in [7, 11) is 0. The van der Waals surface area contributed by atoms with Crippen molar-refractivity contribution in [2.45, 2.75) is 57.3 Å². The number of Topliss-reactive ketones (excluding diaryl/α,β-unsaturated/α-hetero) is 2. The van der Waals surface area contributed by atoms with E-state index < -0.39 is 47.3 Å². The first-order valence-corrected chi connectivity index (χ1v) is 15.9. The molecule has 8 nitrogen and oxygen atoms in total. The van der Waals surface area contributed by atoms with Crippen LogP contribution in [-0.4, -0.2) is 33.7 Å². The number of carbonyl (C=O) groups excluding carboxylic acids is 2. The summed E-state index contributed by atoms with van der Waals surface area (Å²) in [5.74, 6) is -2.66. The molecule has 2 aliphatic carbocycles. The molecule has 0 heterocycles. The SMILES string of the molecule is C.O=C(O)C[C@@H]1CC(=O)c2cc(Oc3ccc(C(F)(F)F)cc3Cl)ccc21.O=C(O)C[C@H]1CC(=O)c2cc(Oc3ccc(C(F)(F)F)cc3Cl)ccc21. The minimum atomic E-state index is -4.51. The summed E-state index contributed by atoms with van der Waals surface area (Å²) in [4.78, 5) is 45.9. The lowest BCUT2D eigenvalue weighted by molar-refractivity contribution is -0.138. The Hall–Kier alpha value is -5.08. The van der Waals surface area contributed by atoms with Crippen LogP contribution in [0.25, 0.3) is 0 Å². The Balaban J connectivity index is 0.000000232. The van der Waals surface area contributed by atoms with Gasteiger partial charge in [-0.15, -0.1) is 0 Å². The monoisotopic (exact) mass is 784 g/mol. The van der Waals surface area contributed by atoms with E-state index in [9.17, 15) is 45.5 Å². The van der Waals surface area contributed by atoms with Gasteiger partial charge in [-0.3, -0.25) is 19.2 Å². The van der Waals surface area contributed by atoms with E-state index >= 15 is 0 Å². The molecule has 2 aliphatic rings. The van der Waals surface area contributed by atoms with E-state index in [1.54, 1.807) is 12.1 Å². The number of rotatable bonds is 8. The van der Waals surface area contributed by atoms with Gasteiger partial charge >= 0.3 is 24.3 Å². The number of ketones is 2. The van der Waals surface area contributed by atoms with Crippen molar-refractivity contribution in [1.82, 2.24) is 0 Å². The number of ether oxygens (including phenoxy) is 2. The first-order chi connectivity index (χ1) is 24.3. The Morgan fingerprint density at radius 2 is 0.981 bits per heavy atom. The van der Waals surface area contributed by atoms with Crippen LogP contribution >= 0.6 is 23.2 Å². The second-order valence-corrected chi connectivity index (χ2v) is 12.6. The molecule has 4 aromatic carbocycles. The van der Waals surface area contributed by atoms with Gasteiger partial charge in [-0.25, -0.2) is 0 Å². The van der Waals surface area contributed by atoms with Gasteiger partial charge in [0, 0.05) is 35.8 Å². The third-order valence-corrected chi connectivity index (χ3v) is 8.80. The first kappa shape index (κ1) is 40.7. The van der Waals surface area contributed by atoms with Gasteiger partial charge in [0.1, 0.15) is 23.0 Å². The number of hydrogen-bond acceptors (Lipinski definition) is 6. The fourth-order valence-corrected chi connectivity index (χ4v) is 6.28. The van der Waals surface area contributed by atoms with Gasteiger partial charge in [-0.1, -0.05) is 42.8 Å². The molecule has 0 unspecified atom stereocenters. The first-order valence-electron chi connectivity index (χ1n) is 15.2. The van der Waals surface area contributed by atoms with Gasteiger partial charge in [0.15, 0.2) is 11.6 Å². The van der Waals surface area contributed by atoms with Crippen molar-refractivity contribution >= 4 is 46.7 Å². The van der Waals surface area contributed by atoms with E-state index in [4.69, 9.17) is 42.9 Å². The lowest BCUT2D eigenvalue weighted by Gasteiger charge is -2.12. The van der Waals surface area contributed by atoms with Gasteiger partial charge in [-0.2, -0.15) is 26.3 Å². The maximum atomic E-state index is 12.7. The van der Waals surface area contributed by atoms with Crippen LogP contribution in [0, 0.1) is 0 Å². The fraction of sp³-hybridized carbons (Fsp3) is 0.243. The Kier molecular flexibility index (Phi) is 12.2. The maximum Gasteiger partial charge on any atom is 0.416 e. The smallest absolute Gasteiger partial charge is 0.416 e. The van der Waals surface area contributed by atoms with Crippen LogP contribution in [0.3, 0.4) is 0 Å². The molecule has 280 valence electrons. The van der Waals surface area contributed by atoms with Gasteiger partial charge < -0.3 is 19.7 Å². The molecule has 16 heteroatoms. The fourth-order valence-electron chi connectivity index (χ4n) is 5.84. The van der Waals surface area contributed by atoms with Crippen LogP contribution in [-0.2, 0) is 21.9 Å². The van der Waals surface area contributed by atoms with Crippen molar-refractivity contribution in [2.75, 3.05) is 0 Å². The summed E-state index contributed by atoms with van der Waals surface area (Å²) in [6.45, 7) is 0. The van der Waals surface area contributed by atoms with E-state index in [1.165, 1.54) is 24.3 Å². The molecule has 6 rings (SSSR count). The van der Waals surface area contributed by atoms with E-state index in [0.717, 1.165) is 36.4 Å². The molecule has 53 heavy (non-hydrogen) atoms. The van der Waals surface area contributed by atoms with Crippen molar-refractivity contribution in [1.29, 1.82) is 0 Å². The van der Waals surface area contributed by atoms with E-state index in [0.29, 0.717) is 22.3 Å². The Labute approximate surface area is 307 Å².